The average Bonchev–Trinajstić information content (AvgIpc) is 2.82. The summed E-state index contributed by atoms with van der Waals surface area (Å²) < 4.78 is 52.2. The largest absolute Gasteiger partial charge is 0.419 e. The number of ketones is 1. The van der Waals surface area contributed by atoms with Gasteiger partial charge in [0.15, 0.2) is 5.78 Å². The molecule has 21 heavy (non-hydrogen) atoms. The molecule has 4 nitrogen and oxygen atoms in total. The van der Waals surface area contributed by atoms with Crippen LogP contribution < -0.4 is 5.73 Å². The first-order valence-corrected chi connectivity index (χ1v) is 5.85. The molecule has 0 bridgehead atoms. The van der Waals surface area contributed by atoms with Crippen LogP contribution in [0, 0.1) is 5.82 Å². The van der Waals surface area contributed by atoms with Crippen molar-refractivity contribution in [1.82, 2.24) is 9.78 Å². The second-order valence-electron chi connectivity index (χ2n) is 4.48. The molecule has 0 aliphatic rings. The lowest BCUT2D eigenvalue weighted by molar-refractivity contribution is -0.140. The lowest BCUT2D eigenvalue weighted by Crippen LogP contribution is -2.21. The van der Waals surface area contributed by atoms with Crippen molar-refractivity contribution in [3.63, 3.8) is 0 Å². The Morgan fingerprint density at radius 3 is 2.52 bits per heavy atom. The molecule has 8 heteroatoms. The molecule has 2 N–H and O–H groups in total. The maximum Gasteiger partial charge on any atom is 0.419 e. The molecule has 1 aromatic heterocycles. The fourth-order valence-electron chi connectivity index (χ4n) is 1.83. The van der Waals surface area contributed by atoms with Gasteiger partial charge in [0.25, 0.3) is 0 Å². The van der Waals surface area contributed by atoms with Crippen LogP contribution in [0.2, 0.25) is 0 Å². The van der Waals surface area contributed by atoms with Crippen molar-refractivity contribution < 1.29 is 22.4 Å². The Bertz CT molecular complexity index is 678. The summed E-state index contributed by atoms with van der Waals surface area (Å²) in [6.07, 6.45) is -1.94. The van der Waals surface area contributed by atoms with E-state index in [1.54, 1.807) is 7.05 Å². The topological polar surface area (TPSA) is 60.9 Å². The second-order valence-corrected chi connectivity index (χ2v) is 4.48. The van der Waals surface area contributed by atoms with Gasteiger partial charge in [-0.25, -0.2) is 4.39 Å². The predicted molar refractivity (Wildman–Crippen MR) is 65.9 cm³/mol. The molecule has 0 saturated carbocycles. The van der Waals surface area contributed by atoms with Crippen molar-refractivity contribution in [3.8, 4) is 0 Å². The number of rotatable bonds is 3. The third kappa shape index (κ3) is 3.10. The SMILES string of the molecule is Cn1cc(C(N)C(=O)c2ccc(C(F)(F)F)c(F)c2)cn1. The van der Waals surface area contributed by atoms with Gasteiger partial charge in [-0.05, 0) is 12.1 Å². The van der Waals surface area contributed by atoms with E-state index < -0.39 is 29.4 Å². The quantitative estimate of drug-likeness (QED) is 0.700. The van der Waals surface area contributed by atoms with E-state index in [9.17, 15) is 22.4 Å². The number of carbonyl (C=O) groups is 1. The minimum absolute atomic E-state index is 0.225. The highest BCUT2D eigenvalue weighted by Crippen LogP contribution is 2.32. The smallest absolute Gasteiger partial charge is 0.317 e. The summed E-state index contributed by atoms with van der Waals surface area (Å²) >= 11 is 0. The highest BCUT2D eigenvalue weighted by atomic mass is 19.4. The molecule has 0 aliphatic carbocycles. The zero-order chi connectivity index (χ0) is 15.8. The number of hydrogen-bond acceptors (Lipinski definition) is 3. The minimum Gasteiger partial charge on any atom is -0.317 e. The van der Waals surface area contributed by atoms with Crippen LogP contribution in [-0.2, 0) is 13.2 Å². The molecule has 2 rings (SSSR count). The molecular weight excluding hydrogens is 290 g/mol. The standard InChI is InChI=1S/C13H11F4N3O/c1-20-6-8(5-19-20)11(18)12(21)7-2-3-9(10(14)4-7)13(15,16)17/h2-6,11H,18H2,1H3. The Kier molecular flexibility index (Phi) is 3.82. The van der Waals surface area contributed by atoms with Crippen molar-refractivity contribution >= 4 is 5.78 Å². The van der Waals surface area contributed by atoms with Crippen LogP contribution in [0.1, 0.15) is 27.5 Å². The van der Waals surface area contributed by atoms with Gasteiger partial charge in [-0.2, -0.15) is 18.3 Å². The zero-order valence-corrected chi connectivity index (χ0v) is 10.9. The number of alkyl halides is 3. The highest BCUT2D eigenvalue weighted by Gasteiger charge is 2.34. The van der Waals surface area contributed by atoms with E-state index in [1.165, 1.54) is 17.1 Å². The number of aromatic nitrogens is 2. The van der Waals surface area contributed by atoms with Crippen LogP contribution in [0.4, 0.5) is 17.6 Å². The summed E-state index contributed by atoms with van der Waals surface area (Å²) in [5, 5.41) is 3.84. The third-order valence-corrected chi connectivity index (χ3v) is 2.93. The molecular formula is C13H11F4N3O. The van der Waals surface area contributed by atoms with Crippen LogP contribution in [-0.4, -0.2) is 15.6 Å². The Balaban J connectivity index is 2.30. The summed E-state index contributed by atoms with van der Waals surface area (Å²) in [4.78, 5) is 12.1. The number of benzene rings is 1. The molecule has 0 spiro atoms. The van der Waals surface area contributed by atoms with Gasteiger partial charge >= 0.3 is 6.18 Å². The van der Waals surface area contributed by atoms with Gasteiger partial charge in [-0.15, -0.1) is 0 Å². The van der Waals surface area contributed by atoms with E-state index >= 15 is 0 Å². The van der Waals surface area contributed by atoms with Crippen molar-refractivity contribution in [2.45, 2.75) is 12.2 Å². The molecule has 0 aliphatic heterocycles. The second kappa shape index (κ2) is 5.28. The van der Waals surface area contributed by atoms with Crippen molar-refractivity contribution in [3.05, 3.63) is 53.1 Å². The number of Topliss-reactive ketones (excluding diaryl/α,β-unsaturated/α-hetero) is 1. The molecule has 1 unspecified atom stereocenters. The van der Waals surface area contributed by atoms with E-state index in [2.05, 4.69) is 5.10 Å². The summed E-state index contributed by atoms with van der Waals surface area (Å²) in [5.74, 6) is -2.19. The van der Waals surface area contributed by atoms with Crippen LogP contribution in [0.25, 0.3) is 0 Å². The first-order valence-electron chi connectivity index (χ1n) is 5.85. The molecule has 2 aromatic rings. The molecule has 0 saturated heterocycles. The molecule has 0 fully saturated rings. The van der Waals surface area contributed by atoms with Gasteiger partial charge < -0.3 is 5.73 Å². The molecule has 1 atom stereocenters. The predicted octanol–water partition coefficient (Wildman–Crippen LogP) is 2.46. The normalized spacial score (nSPS) is 13.2. The van der Waals surface area contributed by atoms with Gasteiger partial charge in [0.05, 0.1) is 17.8 Å². The Morgan fingerprint density at radius 1 is 1.38 bits per heavy atom. The van der Waals surface area contributed by atoms with E-state index in [4.69, 9.17) is 5.73 Å². The van der Waals surface area contributed by atoms with E-state index in [-0.39, 0.29) is 5.56 Å². The summed E-state index contributed by atoms with van der Waals surface area (Å²) in [6, 6.07) is 0.861. The van der Waals surface area contributed by atoms with Crippen LogP contribution in [0.5, 0.6) is 0 Å². The van der Waals surface area contributed by atoms with E-state index in [0.717, 1.165) is 6.07 Å². The first-order chi connectivity index (χ1) is 9.70. The minimum atomic E-state index is -4.81. The number of nitrogens with zero attached hydrogens (tertiary/aromatic N) is 2. The zero-order valence-electron chi connectivity index (χ0n) is 10.9. The van der Waals surface area contributed by atoms with Crippen molar-refractivity contribution in [2.75, 3.05) is 0 Å². The Labute approximate surface area is 117 Å². The van der Waals surface area contributed by atoms with Gasteiger partial charge in [0.2, 0.25) is 0 Å². The molecule has 1 heterocycles. The number of aryl methyl sites for hydroxylation is 1. The lowest BCUT2D eigenvalue weighted by atomic mass is 9.99. The third-order valence-electron chi connectivity index (χ3n) is 2.93. The molecule has 1 aromatic carbocycles. The summed E-state index contributed by atoms with van der Waals surface area (Å²) in [6.45, 7) is 0. The summed E-state index contributed by atoms with van der Waals surface area (Å²) in [5.41, 5.74) is 4.45. The number of halogens is 4. The van der Waals surface area contributed by atoms with Gasteiger partial charge in [0, 0.05) is 24.4 Å². The maximum atomic E-state index is 13.4. The van der Waals surface area contributed by atoms with Crippen molar-refractivity contribution in [2.24, 2.45) is 12.8 Å². The lowest BCUT2D eigenvalue weighted by Gasteiger charge is -2.11. The van der Waals surface area contributed by atoms with Gasteiger partial charge in [0.1, 0.15) is 5.82 Å². The average molecular weight is 301 g/mol. The number of nitrogens with two attached hydrogens (primary N) is 1. The van der Waals surface area contributed by atoms with E-state index in [1.807, 2.05) is 0 Å². The summed E-state index contributed by atoms with van der Waals surface area (Å²) in [7, 11) is 1.62. The molecule has 0 radical (unpaired) electrons. The van der Waals surface area contributed by atoms with Crippen LogP contribution in [0.15, 0.2) is 30.6 Å². The Morgan fingerprint density at radius 2 is 2.05 bits per heavy atom. The highest BCUT2D eigenvalue weighted by molar-refractivity contribution is 6.00. The number of carbonyl (C=O) groups excluding carboxylic acids is 1. The van der Waals surface area contributed by atoms with Crippen LogP contribution >= 0.6 is 0 Å². The monoisotopic (exact) mass is 301 g/mol. The molecule has 112 valence electrons. The fourth-order valence-corrected chi connectivity index (χ4v) is 1.83. The first kappa shape index (κ1) is 15.2. The Hall–Kier alpha value is -2.22. The number of hydrogen-bond donors (Lipinski definition) is 1. The van der Waals surface area contributed by atoms with Gasteiger partial charge in [-0.1, -0.05) is 6.07 Å². The van der Waals surface area contributed by atoms with Crippen LogP contribution in [0.3, 0.4) is 0 Å². The molecule has 0 amide bonds. The fraction of sp³-hybridized carbons (Fsp3) is 0.231. The van der Waals surface area contributed by atoms with Gasteiger partial charge in [-0.3, -0.25) is 9.48 Å². The maximum absolute atomic E-state index is 13.4. The van der Waals surface area contributed by atoms with E-state index in [0.29, 0.717) is 17.7 Å². The van der Waals surface area contributed by atoms with Crippen molar-refractivity contribution in [1.29, 1.82) is 0 Å².